The molecular formula is C18H24N2O2S2. The Morgan fingerprint density at radius 1 is 1.04 bits per heavy atom. The van der Waals surface area contributed by atoms with Gasteiger partial charge in [0.05, 0.1) is 5.03 Å². The van der Waals surface area contributed by atoms with Gasteiger partial charge in [-0.15, -0.1) is 11.8 Å². The molecule has 0 aliphatic carbocycles. The highest BCUT2D eigenvalue weighted by Gasteiger charge is 2.17. The lowest BCUT2D eigenvalue weighted by atomic mass is 9.87. The Kier molecular flexibility index (Phi) is 5.73. The second-order valence-corrected chi connectivity index (χ2v) is 10.0. The van der Waals surface area contributed by atoms with Crippen molar-refractivity contribution in [3.63, 3.8) is 0 Å². The Labute approximate surface area is 149 Å². The number of hydrogen-bond acceptors (Lipinski definition) is 4. The smallest absolute Gasteiger partial charge is 0.244 e. The summed E-state index contributed by atoms with van der Waals surface area (Å²) in [4.78, 5) is 4.47. The summed E-state index contributed by atoms with van der Waals surface area (Å²) < 4.78 is 25.2. The third kappa shape index (κ3) is 4.59. The van der Waals surface area contributed by atoms with Crippen molar-refractivity contribution in [1.29, 1.82) is 0 Å². The lowest BCUT2D eigenvalue weighted by Gasteiger charge is -2.19. The van der Waals surface area contributed by atoms with Crippen molar-refractivity contribution in [2.45, 2.75) is 41.9 Å². The molecule has 0 saturated heterocycles. The quantitative estimate of drug-likeness (QED) is 0.755. The lowest BCUT2D eigenvalue weighted by molar-refractivity contribution is 0.520. The highest BCUT2D eigenvalue weighted by molar-refractivity contribution is 7.98. The van der Waals surface area contributed by atoms with Gasteiger partial charge in [-0.2, -0.15) is 0 Å². The maximum Gasteiger partial charge on any atom is 0.244 e. The molecule has 0 radical (unpaired) electrons. The van der Waals surface area contributed by atoms with Crippen molar-refractivity contribution < 1.29 is 8.42 Å². The van der Waals surface area contributed by atoms with Gasteiger partial charge in [-0.05, 0) is 28.7 Å². The molecule has 0 fully saturated rings. The van der Waals surface area contributed by atoms with E-state index in [1.165, 1.54) is 35.7 Å². The Bertz CT molecular complexity index is 775. The molecule has 1 heterocycles. The zero-order chi connectivity index (χ0) is 18.0. The van der Waals surface area contributed by atoms with Crippen molar-refractivity contribution in [3.05, 3.63) is 53.7 Å². The highest BCUT2D eigenvalue weighted by Crippen LogP contribution is 2.25. The molecule has 1 aromatic heterocycles. The summed E-state index contributed by atoms with van der Waals surface area (Å²) in [6, 6.07) is 12.0. The van der Waals surface area contributed by atoms with Crippen LogP contribution in [-0.2, 0) is 21.2 Å². The second kappa shape index (κ2) is 7.25. The third-order valence-corrected chi connectivity index (χ3v) is 6.51. The fourth-order valence-corrected chi connectivity index (χ4v) is 3.72. The van der Waals surface area contributed by atoms with Gasteiger partial charge in [0.25, 0.3) is 0 Å². The summed E-state index contributed by atoms with van der Waals surface area (Å²) >= 11 is 1.60. The van der Waals surface area contributed by atoms with Gasteiger partial charge >= 0.3 is 0 Å². The number of thioether (sulfide) groups is 1. The van der Waals surface area contributed by atoms with Gasteiger partial charge in [-0.25, -0.2) is 17.7 Å². The van der Waals surface area contributed by atoms with Crippen LogP contribution in [0.5, 0.6) is 0 Å². The molecule has 24 heavy (non-hydrogen) atoms. The SMILES string of the molecule is CN(C)S(=O)(=O)c1ccc(SCc2ccc(C(C)(C)C)cc2)nc1. The third-order valence-electron chi connectivity index (χ3n) is 3.69. The maximum atomic E-state index is 12.0. The molecule has 0 bridgehead atoms. The average Bonchev–Trinajstić information content (AvgIpc) is 2.52. The first-order valence-electron chi connectivity index (χ1n) is 7.71. The average molecular weight is 365 g/mol. The summed E-state index contributed by atoms with van der Waals surface area (Å²) in [7, 11) is -0.392. The Hall–Kier alpha value is -1.37. The number of rotatable bonds is 5. The van der Waals surface area contributed by atoms with Crippen LogP contribution in [-0.4, -0.2) is 31.8 Å². The number of aromatic nitrogens is 1. The number of nitrogens with zero attached hydrogens (tertiary/aromatic N) is 2. The van der Waals surface area contributed by atoms with Gasteiger partial charge in [0.2, 0.25) is 10.0 Å². The van der Waals surface area contributed by atoms with Gasteiger partial charge in [-0.3, -0.25) is 0 Å². The van der Waals surface area contributed by atoms with Crippen molar-refractivity contribution in [1.82, 2.24) is 9.29 Å². The van der Waals surface area contributed by atoms with E-state index in [2.05, 4.69) is 50.0 Å². The van der Waals surface area contributed by atoms with Gasteiger partial charge in [0.1, 0.15) is 4.90 Å². The predicted octanol–water partition coefficient (Wildman–Crippen LogP) is 3.92. The van der Waals surface area contributed by atoms with E-state index in [1.807, 2.05) is 0 Å². The van der Waals surface area contributed by atoms with Crippen LogP contribution in [0, 0.1) is 0 Å². The van der Waals surface area contributed by atoms with Crippen LogP contribution < -0.4 is 0 Å². The van der Waals surface area contributed by atoms with Crippen LogP contribution >= 0.6 is 11.8 Å². The fraction of sp³-hybridized carbons (Fsp3) is 0.389. The molecule has 2 aromatic rings. The minimum absolute atomic E-state index is 0.154. The standard InChI is InChI=1S/C18H24N2O2S2/c1-18(2,3)15-8-6-14(7-9-15)13-23-17-11-10-16(12-19-17)24(21,22)20(4)5/h6-12H,13H2,1-5H3. The van der Waals surface area contributed by atoms with Gasteiger partial charge < -0.3 is 0 Å². The van der Waals surface area contributed by atoms with Crippen LogP contribution in [0.15, 0.2) is 52.5 Å². The van der Waals surface area contributed by atoms with Crippen molar-refractivity contribution in [2.24, 2.45) is 0 Å². The molecule has 6 heteroatoms. The zero-order valence-corrected chi connectivity index (χ0v) is 16.4. The van der Waals surface area contributed by atoms with E-state index in [0.29, 0.717) is 0 Å². The molecule has 0 aliphatic rings. The van der Waals surface area contributed by atoms with E-state index >= 15 is 0 Å². The number of sulfonamides is 1. The molecule has 0 aliphatic heterocycles. The Balaban J connectivity index is 2.03. The summed E-state index contributed by atoms with van der Waals surface area (Å²) in [5.74, 6) is 0.803. The largest absolute Gasteiger partial charge is 0.249 e. The van der Waals surface area contributed by atoms with E-state index in [4.69, 9.17) is 0 Å². The molecule has 130 valence electrons. The highest BCUT2D eigenvalue weighted by atomic mass is 32.2. The minimum atomic E-state index is -3.42. The number of hydrogen-bond donors (Lipinski definition) is 0. The predicted molar refractivity (Wildman–Crippen MR) is 99.8 cm³/mol. The first-order chi connectivity index (χ1) is 11.1. The molecule has 0 spiro atoms. The molecule has 0 N–H and O–H groups in total. The van der Waals surface area contributed by atoms with Crippen LogP contribution in [0.2, 0.25) is 0 Å². The molecule has 0 atom stereocenters. The molecule has 0 saturated carbocycles. The topological polar surface area (TPSA) is 50.3 Å². The molecule has 0 unspecified atom stereocenters. The van der Waals surface area contributed by atoms with Crippen LogP contribution in [0.1, 0.15) is 31.9 Å². The monoisotopic (exact) mass is 364 g/mol. The molecule has 0 amide bonds. The van der Waals surface area contributed by atoms with Gasteiger partial charge in [0, 0.05) is 26.0 Å². The number of pyridine rings is 1. The van der Waals surface area contributed by atoms with Crippen LogP contribution in [0.4, 0.5) is 0 Å². The summed E-state index contributed by atoms with van der Waals surface area (Å²) in [6.07, 6.45) is 1.42. The van der Waals surface area contributed by atoms with E-state index in [9.17, 15) is 8.42 Å². The first kappa shape index (κ1) is 19.0. The van der Waals surface area contributed by atoms with E-state index < -0.39 is 10.0 Å². The molecule has 2 rings (SSSR count). The molecular weight excluding hydrogens is 340 g/mol. The minimum Gasteiger partial charge on any atom is -0.249 e. The summed E-state index contributed by atoms with van der Waals surface area (Å²) in [5, 5.41) is 0.813. The van der Waals surface area contributed by atoms with Crippen molar-refractivity contribution >= 4 is 21.8 Å². The molecule has 1 aromatic carbocycles. The Morgan fingerprint density at radius 3 is 2.12 bits per heavy atom. The van der Waals surface area contributed by atoms with E-state index in [-0.39, 0.29) is 10.3 Å². The summed E-state index contributed by atoms with van der Waals surface area (Å²) in [6.45, 7) is 6.60. The molecule has 4 nitrogen and oxygen atoms in total. The van der Waals surface area contributed by atoms with Gasteiger partial charge in [-0.1, -0.05) is 45.0 Å². The van der Waals surface area contributed by atoms with Crippen LogP contribution in [0.25, 0.3) is 0 Å². The van der Waals surface area contributed by atoms with Crippen molar-refractivity contribution in [2.75, 3.05) is 14.1 Å². The fourth-order valence-electron chi connectivity index (χ4n) is 2.07. The normalized spacial score (nSPS) is 12.6. The number of benzene rings is 1. The van der Waals surface area contributed by atoms with E-state index in [1.54, 1.807) is 23.9 Å². The van der Waals surface area contributed by atoms with Crippen LogP contribution in [0.3, 0.4) is 0 Å². The zero-order valence-electron chi connectivity index (χ0n) is 14.8. The first-order valence-corrected chi connectivity index (χ1v) is 10.1. The second-order valence-electron chi connectivity index (χ2n) is 6.86. The maximum absolute atomic E-state index is 12.0. The van der Waals surface area contributed by atoms with Crippen molar-refractivity contribution in [3.8, 4) is 0 Å². The van der Waals surface area contributed by atoms with E-state index in [0.717, 1.165) is 10.8 Å². The summed E-state index contributed by atoms with van der Waals surface area (Å²) in [5.41, 5.74) is 2.69. The lowest BCUT2D eigenvalue weighted by Crippen LogP contribution is -2.22. The van der Waals surface area contributed by atoms with Gasteiger partial charge in [0.15, 0.2) is 0 Å². The Morgan fingerprint density at radius 2 is 1.67 bits per heavy atom.